The van der Waals surface area contributed by atoms with Crippen molar-refractivity contribution < 1.29 is 8.42 Å². The molecule has 0 amide bonds. The van der Waals surface area contributed by atoms with Gasteiger partial charge in [-0.1, -0.05) is 47.5 Å². The topological polar surface area (TPSA) is 49.7 Å². The molecule has 0 saturated heterocycles. The lowest BCUT2D eigenvalue weighted by molar-refractivity contribution is 0.519. The van der Waals surface area contributed by atoms with Gasteiger partial charge in [-0.05, 0) is 38.5 Å². The maximum atomic E-state index is 12.8. The second-order valence-corrected chi connectivity index (χ2v) is 7.82. The van der Waals surface area contributed by atoms with Crippen LogP contribution < -0.4 is 0 Å². The third-order valence-electron chi connectivity index (χ3n) is 4.08. The number of nitrogens with zero attached hydrogens (tertiary/aromatic N) is 2. The molecule has 5 heteroatoms. The third kappa shape index (κ3) is 3.01. The van der Waals surface area contributed by atoms with E-state index in [2.05, 4.69) is 11.1 Å². The standard InChI is InChI=1S/C18H20N2O2S/c1-13-7-9-17(10-8-13)23(21,22)20-12-18(19-15(20)3)16-6-4-5-14(2)11-16/h4-11,18H,12H2,1-3H3. The van der Waals surface area contributed by atoms with Crippen molar-refractivity contribution in [2.45, 2.75) is 31.7 Å². The Labute approximate surface area is 137 Å². The van der Waals surface area contributed by atoms with Crippen LogP contribution in [0.4, 0.5) is 0 Å². The molecule has 1 aliphatic rings. The minimum Gasteiger partial charge on any atom is -0.262 e. The first-order valence-corrected chi connectivity index (χ1v) is 9.02. The van der Waals surface area contributed by atoms with Crippen LogP contribution in [0.25, 0.3) is 0 Å². The van der Waals surface area contributed by atoms with Crippen molar-refractivity contribution in [3.05, 3.63) is 65.2 Å². The average molecular weight is 328 g/mol. The first-order valence-electron chi connectivity index (χ1n) is 7.58. The Morgan fingerprint density at radius 3 is 2.35 bits per heavy atom. The van der Waals surface area contributed by atoms with Crippen molar-refractivity contribution >= 4 is 15.9 Å². The summed E-state index contributed by atoms with van der Waals surface area (Å²) in [6, 6.07) is 14.8. The van der Waals surface area contributed by atoms with Gasteiger partial charge in [-0.3, -0.25) is 9.30 Å². The molecule has 0 fully saturated rings. The van der Waals surface area contributed by atoms with E-state index >= 15 is 0 Å². The highest BCUT2D eigenvalue weighted by molar-refractivity contribution is 7.89. The Balaban J connectivity index is 1.90. The molecule has 3 rings (SSSR count). The second-order valence-electron chi connectivity index (χ2n) is 5.96. The van der Waals surface area contributed by atoms with Crippen molar-refractivity contribution in [3.63, 3.8) is 0 Å². The van der Waals surface area contributed by atoms with Crippen LogP contribution in [-0.2, 0) is 10.0 Å². The molecule has 0 aromatic heterocycles. The summed E-state index contributed by atoms with van der Waals surface area (Å²) in [5.41, 5.74) is 3.23. The zero-order chi connectivity index (χ0) is 16.6. The summed E-state index contributed by atoms with van der Waals surface area (Å²) in [7, 11) is -3.55. The Bertz CT molecular complexity index is 855. The summed E-state index contributed by atoms with van der Waals surface area (Å²) in [5, 5.41) is 0. The fourth-order valence-corrected chi connectivity index (χ4v) is 4.25. The molecule has 120 valence electrons. The van der Waals surface area contributed by atoms with Gasteiger partial charge in [-0.25, -0.2) is 8.42 Å². The predicted molar refractivity (Wildman–Crippen MR) is 92.1 cm³/mol. The van der Waals surface area contributed by atoms with Gasteiger partial charge in [0.2, 0.25) is 0 Å². The molecule has 1 heterocycles. The Kier molecular flexibility index (Phi) is 3.98. The van der Waals surface area contributed by atoms with Gasteiger partial charge in [0.05, 0.1) is 17.5 Å². The van der Waals surface area contributed by atoms with Crippen LogP contribution in [0, 0.1) is 13.8 Å². The summed E-state index contributed by atoms with van der Waals surface area (Å²) >= 11 is 0. The fraction of sp³-hybridized carbons (Fsp3) is 0.278. The maximum absolute atomic E-state index is 12.8. The van der Waals surface area contributed by atoms with E-state index in [4.69, 9.17) is 0 Å². The zero-order valence-electron chi connectivity index (χ0n) is 13.5. The Morgan fingerprint density at radius 1 is 1.00 bits per heavy atom. The molecule has 2 aromatic carbocycles. The van der Waals surface area contributed by atoms with E-state index in [1.165, 1.54) is 4.31 Å². The molecular formula is C18H20N2O2S. The highest BCUT2D eigenvalue weighted by Gasteiger charge is 2.33. The lowest BCUT2D eigenvalue weighted by atomic mass is 10.1. The van der Waals surface area contributed by atoms with Crippen LogP contribution in [0.5, 0.6) is 0 Å². The number of hydrogen-bond acceptors (Lipinski definition) is 3. The predicted octanol–water partition coefficient (Wildman–Crippen LogP) is 3.47. The van der Waals surface area contributed by atoms with Crippen LogP contribution in [0.2, 0.25) is 0 Å². The first-order chi connectivity index (χ1) is 10.9. The van der Waals surface area contributed by atoms with Gasteiger partial charge in [-0.2, -0.15) is 0 Å². The molecular weight excluding hydrogens is 308 g/mol. The monoisotopic (exact) mass is 328 g/mol. The average Bonchev–Trinajstić information content (AvgIpc) is 2.90. The summed E-state index contributed by atoms with van der Waals surface area (Å²) < 4.78 is 27.1. The van der Waals surface area contributed by atoms with Gasteiger partial charge in [0, 0.05) is 0 Å². The van der Waals surface area contributed by atoms with E-state index in [9.17, 15) is 8.42 Å². The molecule has 0 aliphatic carbocycles. The SMILES string of the molecule is CC1=NC(c2cccc(C)c2)CN1S(=O)(=O)c1ccc(C)cc1. The highest BCUT2D eigenvalue weighted by atomic mass is 32.2. The molecule has 1 atom stereocenters. The minimum absolute atomic E-state index is 0.143. The second kappa shape index (κ2) is 5.81. The van der Waals surface area contributed by atoms with Crippen molar-refractivity contribution in [1.82, 2.24) is 4.31 Å². The van der Waals surface area contributed by atoms with E-state index in [1.54, 1.807) is 19.1 Å². The largest absolute Gasteiger partial charge is 0.265 e. The Hall–Kier alpha value is -2.14. The summed E-state index contributed by atoms with van der Waals surface area (Å²) in [6.45, 7) is 6.07. The van der Waals surface area contributed by atoms with Crippen LogP contribution in [-0.4, -0.2) is 25.1 Å². The van der Waals surface area contributed by atoms with Crippen LogP contribution in [0.1, 0.15) is 29.7 Å². The molecule has 0 saturated carbocycles. The number of benzene rings is 2. The maximum Gasteiger partial charge on any atom is 0.265 e. The number of hydrogen-bond donors (Lipinski definition) is 0. The molecule has 0 N–H and O–H groups in total. The van der Waals surface area contributed by atoms with Crippen LogP contribution in [0.3, 0.4) is 0 Å². The smallest absolute Gasteiger partial charge is 0.262 e. The number of aryl methyl sites for hydroxylation is 2. The molecule has 2 aromatic rings. The van der Waals surface area contributed by atoms with Crippen molar-refractivity contribution in [3.8, 4) is 0 Å². The van der Waals surface area contributed by atoms with E-state index < -0.39 is 10.0 Å². The van der Waals surface area contributed by atoms with E-state index in [1.807, 2.05) is 44.2 Å². The van der Waals surface area contributed by atoms with Gasteiger partial charge < -0.3 is 0 Å². The Morgan fingerprint density at radius 2 is 1.70 bits per heavy atom. The number of aliphatic imine (C=N–C) groups is 1. The summed E-state index contributed by atoms with van der Waals surface area (Å²) in [5.74, 6) is 0.539. The highest BCUT2D eigenvalue weighted by Crippen LogP contribution is 2.29. The van der Waals surface area contributed by atoms with Gasteiger partial charge >= 0.3 is 0 Å². The molecule has 1 unspecified atom stereocenters. The van der Waals surface area contributed by atoms with E-state index in [0.29, 0.717) is 17.3 Å². The van der Waals surface area contributed by atoms with Crippen molar-refractivity contribution in [2.24, 2.45) is 4.99 Å². The molecule has 0 bridgehead atoms. The molecule has 23 heavy (non-hydrogen) atoms. The molecule has 4 nitrogen and oxygen atoms in total. The van der Waals surface area contributed by atoms with Crippen molar-refractivity contribution in [2.75, 3.05) is 6.54 Å². The number of rotatable bonds is 3. The van der Waals surface area contributed by atoms with Crippen molar-refractivity contribution in [1.29, 1.82) is 0 Å². The molecule has 0 radical (unpaired) electrons. The van der Waals surface area contributed by atoms with Crippen LogP contribution >= 0.6 is 0 Å². The fourth-order valence-electron chi connectivity index (χ4n) is 2.79. The first kappa shape index (κ1) is 15.7. The summed E-state index contributed by atoms with van der Waals surface area (Å²) in [4.78, 5) is 4.86. The lowest BCUT2D eigenvalue weighted by Gasteiger charge is -2.19. The van der Waals surface area contributed by atoms with Gasteiger partial charge in [0.15, 0.2) is 0 Å². The third-order valence-corrected chi connectivity index (χ3v) is 5.94. The molecule has 0 spiro atoms. The number of sulfonamides is 1. The van der Waals surface area contributed by atoms with Crippen LogP contribution in [0.15, 0.2) is 58.4 Å². The normalized spacial score (nSPS) is 18.1. The quantitative estimate of drug-likeness (QED) is 0.866. The summed E-state index contributed by atoms with van der Waals surface area (Å²) in [6.07, 6.45) is 0. The van der Waals surface area contributed by atoms with E-state index in [-0.39, 0.29) is 6.04 Å². The van der Waals surface area contributed by atoms with Gasteiger partial charge in [0.25, 0.3) is 10.0 Å². The number of amidine groups is 1. The zero-order valence-corrected chi connectivity index (χ0v) is 14.3. The molecule has 1 aliphatic heterocycles. The van der Waals surface area contributed by atoms with Gasteiger partial charge in [0.1, 0.15) is 5.84 Å². The lowest BCUT2D eigenvalue weighted by Crippen LogP contribution is -2.33. The minimum atomic E-state index is -3.55. The van der Waals surface area contributed by atoms with Gasteiger partial charge in [-0.15, -0.1) is 0 Å². The van der Waals surface area contributed by atoms with E-state index in [0.717, 1.165) is 16.7 Å².